The van der Waals surface area contributed by atoms with E-state index in [2.05, 4.69) is 5.32 Å². The molecule has 1 aromatic heterocycles. The van der Waals surface area contributed by atoms with Gasteiger partial charge in [0.25, 0.3) is 5.91 Å². The van der Waals surface area contributed by atoms with E-state index in [1.807, 2.05) is 26.0 Å². The van der Waals surface area contributed by atoms with Gasteiger partial charge in [-0.1, -0.05) is 0 Å². The molecule has 0 saturated carbocycles. The first-order chi connectivity index (χ1) is 12.4. The molecule has 0 aliphatic carbocycles. The van der Waals surface area contributed by atoms with E-state index in [9.17, 15) is 14.4 Å². The molecular formula is C19H18N2O4S. The van der Waals surface area contributed by atoms with Crippen LogP contribution < -0.4 is 5.32 Å². The van der Waals surface area contributed by atoms with Crippen LogP contribution >= 0.6 is 11.3 Å². The lowest BCUT2D eigenvalue weighted by Crippen LogP contribution is -2.21. The number of aryl methyl sites for hydroxylation is 2. The maximum atomic E-state index is 12.1. The first kappa shape index (κ1) is 19.3. The number of hydrogen-bond acceptors (Lipinski definition) is 6. The van der Waals surface area contributed by atoms with E-state index in [1.54, 1.807) is 35.6 Å². The molecule has 1 N–H and O–H groups in total. The molecular weight excluding hydrogens is 352 g/mol. The molecule has 0 unspecified atom stereocenters. The van der Waals surface area contributed by atoms with Crippen LogP contribution in [-0.2, 0) is 14.3 Å². The average molecular weight is 370 g/mol. The lowest BCUT2D eigenvalue weighted by Gasteiger charge is -2.06. The third-order valence-corrected chi connectivity index (χ3v) is 4.53. The van der Waals surface area contributed by atoms with Gasteiger partial charge in [0.15, 0.2) is 12.4 Å². The first-order valence-electron chi connectivity index (χ1n) is 7.95. The summed E-state index contributed by atoms with van der Waals surface area (Å²) >= 11 is 1.54. The van der Waals surface area contributed by atoms with Crippen molar-refractivity contribution < 1.29 is 19.1 Å². The lowest BCUT2D eigenvalue weighted by molar-refractivity contribution is -0.147. The number of ketones is 1. The second kappa shape index (κ2) is 8.92. The fraction of sp³-hybridized carbons (Fsp3) is 0.263. The van der Waals surface area contributed by atoms with E-state index < -0.39 is 18.5 Å². The van der Waals surface area contributed by atoms with Crippen molar-refractivity contribution in [2.24, 2.45) is 0 Å². The lowest BCUT2D eigenvalue weighted by atomic mass is 10.1. The van der Waals surface area contributed by atoms with Gasteiger partial charge in [-0.15, -0.1) is 11.3 Å². The van der Waals surface area contributed by atoms with E-state index in [0.717, 1.165) is 9.75 Å². The van der Waals surface area contributed by atoms with Crippen LogP contribution in [0.3, 0.4) is 0 Å². The van der Waals surface area contributed by atoms with Crippen LogP contribution in [0.4, 0.5) is 5.69 Å². The Morgan fingerprint density at radius 3 is 2.42 bits per heavy atom. The molecule has 0 aliphatic rings. The van der Waals surface area contributed by atoms with E-state index in [-0.39, 0.29) is 18.6 Å². The maximum Gasteiger partial charge on any atom is 0.306 e. The highest BCUT2D eigenvalue weighted by molar-refractivity contribution is 7.12. The molecule has 0 atom stereocenters. The van der Waals surface area contributed by atoms with Gasteiger partial charge in [0.1, 0.15) is 0 Å². The van der Waals surface area contributed by atoms with Crippen LogP contribution in [0.1, 0.15) is 38.5 Å². The van der Waals surface area contributed by atoms with Gasteiger partial charge in [-0.05, 0) is 44.2 Å². The third kappa shape index (κ3) is 5.53. The van der Waals surface area contributed by atoms with Gasteiger partial charge in [-0.3, -0.25) is 14.4 Å². The van der Waals surface area contributed by atoms with E-state index >= 15 is 0 Å². The van der Waals surface area contributed by atoms with E-state index in [0.29, 0.717) is 16.8 Å². The van der Waals surface area contributed by atoms with Gasteiger partial charge >= 0.3 is 5.97 Å². The minimum Gasteiger partial charge on any atom is -0.456 e. The molecule has 1 amide bonds. The Bertz CT molecular complexity index is 863. The number of nitriles is 1. The summed E-state index contributed by atoms with van der Waals surface area (Å²) in [6, 6.07) is 10.1. The number of thiophene rings is 1. The predicted molar refractivity (Wildman–Crippen MR) is 98.1 cm³/mol. The van der Waals surface area contributed by atoms with Crippen molar-refractivity contribution in [2.75, 3.05) is 11.9 Å². The number of carbonyl (C=O) groups is 3. The van der Waals surface area contributed by atoms with Crippen LogP contribution in [0.15, 0.2) is 30.3 Å². The first-order valence-corrected chi connectivity index (χ1v) is 8.76. The maximum absolute atomic E-state index is 12.1. The van der Waals surface area contributed by atoms with Gasteiger partial charge < -0.3 is 10.1 Å². The fourth-order valence-electron chi connectivity index (χ4n) is 2.30. The van der Waals surface area contributed by atoms with Gasteiger partial charge in [0.2, 0.25) is 0 Å². The molecule has 6 nitrogen and oxygen atoms in total. The number of carbonyl (C=O) groups excluding carboxylic acids is 3. The monoisotopic (exact) mass is 370 g/mol. The number of Topliss-reactive ketones (excluding diaryl/α,β-unsaturated/α-hetero) is 1. The highest BCUT2D eigenvalue weighted by Gasteiger charge is 2.15. The summed E-state index contributed by atoms with van der Waals surface area (Å²) < 4.78 is 4.89. The number of ether oxygens (including phenoxy) is 1. The van der Waals surface area contributed by atoms with Crippen molar-refractivity contribution >= 4 is 34.7 Å². The molecule has 0 fully saturated rings. The van der Waals surface area contributed by atoms with E-state index in [1.165, 1.54) is 0 Å². The Kier molecular flexibility index (Phi) is 6.64. The molecule has 134 valence electrons. The van der Waals surface area contributed by atoms with Crippen LogP contribution in [-0.4, -0.2) is 24.3 Å². The third-order valence-electron chi connectivity index (χ3n) is 3.56. The zero-order valence-corrected chi connectivity index (χ0v) is 15.3. The summed E-state index contributed by atoms with van der Waals surface area (Å²) in [4.78, 5) is 37.6. The summed E-state index contributed by atoms with van der Waals surface area (Å²) in [5.74, 6) is -1.19. The zero-order chi connectivity index (χ0) is 19.1. The standard InChI is InChI=1S/C19H18N2O4S/c1-12-9-16(13(2)26-12)17(22)7-8-19(24)25-11-18(23)21-15-5-3-14(10-20)4-6-15/h3-6,9H,7-8,11H2,1-2H3,(H,21,23). The smallest absolute Gasteiger partial charge is 0.306 e. The molecule has 1 heterocycles. The number of nitrogens with one attached hydrogen (secondary N) is 1. The second-order valence-corrected chi connectivity index (χ2v) is 7.11. The number of hydrogen-bond donors (Lipinski definition) is 1. The normalized spacial score (nSPS) is 10.0. The Morgan fingerprint density at radius 1 is 1.15 bits per heavy atom. The van der Waals surface area contributed by atoms with Crippen LogP contribution in [0, 0.1) is 25.2 Å². The van der Waals surface area contributed by atoms with Crippen molar-refractivity contribution in [3.63, 3.8) is 0 Å². The topological polar surface area (TPSA) is 96.3 Å². The van der Waals surface area contributed by atoms with Crippen molar-refractivity contribution in [1.82, 2.24) is 0 Å². The number of anilines is 1. The van der Waals surface area contributed by atoms with Crippen molar-refractivity contribution in [2.45, 2.75) is 26.7 Å². The predicted octanol–water partition coefficient (Wildman–Crippen LogP) is 3.38. The highest BCUT2D eigenvalue weighted by Crippen LogP contribution is 2.22. The molecule has 0 spiro atoms. The molecule has 1 aromatic carbocycles. The zero-order valence-electron chi connectivity index (χ0n) is 14.5. The Labute approximate surface area is 155 Å². The van der Waals surface area contributed by atoms with E-state index in [4.69, 9.17) is 10.00 Å². The van der Waals surface area contributed by atoms with Crippen LogP contribution in [0.2, 0.25) is 0 Å². The van der Waals surface area contributed by atoms with Crippen molar-refractivity contribution in [3.05, 3.63) is 51.2 Å². The molecule has 7 heteroatoms. The molecule has 0 radical (unpaired) electrons. The number of amides is 1. The molecule has 26 heavy (non-hydrogen) atoms. The highest BCUT2D eigenvalue weighted by atomic mass is 32.1. The molecule has 2 aromatic rings. The summed E-state index contributed by atoms with van der Waals surface area (Å²) in [6.45, 7) is 3.37. The molecule has 2 rings (SSSR count). The van der Waals surface area contributed by atoms with Gasteiger partial charge in [0, 0.05) is 27.4 Å². The van der Waals surface area contributed by atoms with Crippen LogP contribution in [0.5, 0.6) is 0 Å². The van der Waals surface area contributed by atoms with Gasteiger partial charge in [0.05, 0.1) is 18.1 Å². The minimum absolute atomic E-state index is 0.0487. The summed E-state index contributed by atoms with van der Waals surface area (Å²) in [5, 5.41) is 11.3. The Hall–Kier alpha value is -2.98. The largest absolute Gasteiger partial charge is 0.456 e. The Morgan fingerprint density at radius 2 is 1.85 bits per heavy atom. The number of esters is 1. The quantitative estimate of drug-likeness (QED) is 0.595. The average Bonchev–Trinajstić information content (AvgIpc) is 2.97. The Balaban J connectivity index is 1.74. The van der Waals surface area contributed by atoms with Crippen molar-refractivity contribution in [1.29, 1.82) is 5.26 Å². The SMILES string of the molecule is Cc1cc(C(=O)CCC(=O)OCC(=O)Nc2ccc(C#N)cc2)c(C)s1. The van der Waals surface area contributed by atoms with Gasteiger partial charge in [-0.2, -0.15) is 5.26 Å². The van der Waals surface area contributed by atoms with Gasteiger partial charge in [-0.25, -0.2) is 0 Å². The summed E-state index contributed by atoms with van der Waals surface area (Å²) in [7, 11) is 0. The number of nitrogens with zero attached hydrogens (tertiary/aromatic N) is 1. The number of benzene rings is 1. The summed E-state index contributed by atoms with van der Waals surface area (Å²) in [6.07, 6.45) is -0.0234. The minimum atomic E-state index is -0.599. The summed E-state index contributed by atoms with van der Waals surface area (Å²) in [5.41, 5.74) is 1.62. The molecule has 0 bridgehead atoms. The second-order valence-electron chi connectivity index (χ2n) is 5.65. The molecule has 0 aliphatic heterocycles. The fourth-order valence-corrected chi connectivity index (χ4v) is 3.24. The number of rotatable bonds is 7. The van der Waals surface area contributed by atoms with Crippen LogP contribution in [0.25, 0.3) is 0 Å². The van der Waals surface area contributed by atoms with Crippen molar-refractivity contribution in [3.8, 4) is 6.07 Å². The molecule has 0 saturated heterocycles.